The highest BCUT2D eigenvalue weighted by Crippen LogP contribution is 2.03. The van der Waals surface area contributed by atoms with E-state index in [1.54, 1.807) is 0 Å². The second-order valence-electron chi connectivity index (χ2n) is 3.48. The summed E-state index contributed by atoms with van der Waals surface area (Å²) in [5.74, 6) is 6.35. The van der Waals surface area contributed by atoms with Crippen LogP contribution in [0.1, 0.15) is 58.3 Å². The van der Waals surface area contributed by atoms with Gasteiger partial charge >= 0.3 is 0 Å². The van der Waals surface area contributed by atoms with Gasteiger partial charge in [-0.15, -0.1) is 5.92 Å². The monoisotopic (exact) mass is 191 g/mol. The number of hydrogen-bond donors (Lipinski definition) is 0. The summed E-state index contributed by atoms with van der Waals surface area (Å²) in [4.78, 5) is 0. The van der Waals surface area contributed by atoms with Crippen LogP contribution in [0.25, 0.3) is 0 Å². The Labute approximate surface area is 89.8 Å². The topological polar surface area (TPSA) is 0 Å². The normalized spacial score (nSPS) is 10.1. The molecule has 0 aromatic rings. The molecule has 0 atom stereocenters. The molecular weight excluding hydrogens is 168 g/mol. The average molecular weight is 191 g/mol. The maximum Gasteiger partial charge on any atom is 0.0269 e. The second kappa shape index (κ2) is 12.3. The van der Waals surface area contributed by atoms with Crippen molar-refractivity contribution in [2.24, 2.45) is 0 Å². The van der Waals surface area contributed by atoms with Gasteiger partial charge in [0.05, 0.1) is 0 Å². The smallest absolute Gasteiger partial charge is 0.0269 e. The van der Waals surface area contributed by atoms with Crippen LogP contribution in [0.3, 0.4) is 0 Å². The lowest BCUT2D eigenvalue weighted by Crippen LogP contribution is -1.76. The van der Waals surface area contributed by atoms with Crippen molar-refractivity contribution >= 4 is 0 Å². The van der Waals surface area contributed by atoms with Crippen LogP contribution in [0.15, 0.2) is 12.2 Å². The minimum absolute atomic E-state index is 0.874. The van der Waals surface area contributed by atoms with E-state index in [1.807, 2.05) is 0 Å². The van der Waals surface area contributed by atoms with Crippen molar-refractivity contribution in [1.82, 2.24) is 0 Å². The average Bonchev–Trinajstić information content (AvgIpc) is 2.21. The zero-order valence-corrected chi connectivity index (χ0v) is 9.52. The molecule has 0 saturated carbocycles. The van der Waals surface area contributed by atoms with Gasteiger partial charge in [0.25, 0.3) is 0 Å². The third-order valence-corrected chi connectivity index (χ3v) is 2.08. The fourth-order valence-corrected chi connectivity index (χ4v) is 1.24. The molecule has 1 radical (unpaired) electrons. The molecule has 0 rings (SSSR count). The molecule has 14 heavy (non-hydrogen) atoms. The third-order valence-electron chi connectivity index (χ3n) is 2.08. The highest BCUT2D eigenvalue weighted by atomic mass is 13.9. The van der Waals surface area contributed by atoms with Gasteiger partial charge in [0.15, 0.2) is 0 Å². The Morgan fingerprint density at radius 2 is 1.79 bits per heavy atom. The fourth-order valence-electron chi connectivity index (χ4n) is 1.24. The van der Waals surface area contributed by atoms with Gasteiger partial charge in [-0.25, -0.2) is 0 Å². The van der Waals surface area contributed by atoms with E-state index in [9.17, 15) is 0 Å². The Kier molecular flexibility index (Phi) is 11.7. The Hall–Kier alpha value is -0.700. The lowest BCUT2D eigenvalue weighted by atomic mass is 10.1. The Morgan fingerprint density at radius 3 is 2.50 bits per heavy atom. The second-order valence-corrected chi connectivity index (χ2v) is 3.48. The molecule has 0 bridgehead atoms. The molecule has 0 heterocycles. The predicted molar refractivity (Wildman–Crippen MR) is 64.9 cm³/mol. The molecule has 0 heteroatoms. The summed E-state index contributed by atoms with van der Waals surface area (Å²) >= 11 is 0. The van der Waals surface area contributed by atoms with Gasteiger partial charge in [0, 0.05) is 12.8 Å². The largest absolute Gasteiger partial charge is 0.103 e. The molecule has 0 unspecified atom stereocenters. The Bertz CT molecular complexity index is 178. The summed E-state index contributed by atoms with van der Waals surface area (Å²) in [6, 6.07) is 0. The van der Waals surface area contributed by atoms with Crippen LogP contribution in [0.5, 0.6) is 0 Å². The number of unbranched alkanes of at least 4 members (excludes halogenated alkanes) is 5. The van der Waals surface area contributed by atoms with Gasteiger partial charge in [-0.05, 0) is 19.8 Å². The van der Waals surface area contributed by atoms with E-state index >= 15 is 0 Å². The summed E-state index contributed by atoms with van der Waals surface area (Å²) in [6.45, 7) is 5.97. The molecule has 79 valence electrons. The number of hydrogen-bond acceptors (Lipinski definition) is 0. The summed E-state index contributed by atoms with van der Waals surface area (Å²) in [5.41, 5.74) is 0. The molecule has 0 nitrogen and oxygen atoms in total. The quantitative estimate of drug-likeness (QED) is 0.315. The van der Waals surface area contributed by atoms with Crippen molar-refractivity contribution in [1.29, 1.82) is 0 Å². The fraction of sp³-hybridized carbons (Fsp3) is 0.643. The van der Waals surface area contributed by atoms with Crippen LogP contribution < -0.4 is 0 Å². The first-order valence-corrected chi connectivity index (χ1v) is 5.81. The molecule has 0 aliphatic carbocycles. The van der Waals surface area contributed by atoms with Gasteiger partial charge in [-0.2, -0.15) is 0 Å². The van der Waals surface area contributed by atoms with Crippen molar-refractivity contribution in [2.45, 2.75) is 58.3 Å². The molecule has 0 aliphatic heterocycles. The highest BCUT2D eigenvalue weighted by Gasteiger charge is 1.85. The van der Waals surface area contributed by atoms with Gasteiger partial charge < -0.3 is 0 Å². The maximum absolute atomic E-state index is 3.73. The zero-order chi connectivity index (χ0) is 10.5. The lowest BCUT2D eigenvalue weighted by molar-refractivity contribution is 0.641. The summed E-state index contributed by atoms with van der Waals surface area (Å²) in [5, 5.41) is 0. The van der Waals surface area contributed by atoms with E-state index in [0.29, 0.717) is 0 Å². The molecule has 0 N–H and O–H groups in total. The Morgan fingerprint density at radius 1 is 1.00 bits per heavy atom. The van der Waals surface area contributed by atoms with Crippen LogP contribution in [-0.2, 0) is 0 Å². The molecular formula is C14H23. The first-order chi connectivity index (χ1) is 6.91. The number of allylic oxidation sites excluding steroid dienone is 2. The van der Waals surface area contributed by atoms with Gasteiger partial charge in [0.2, 0.25) is 0 Å². The van der Waals surface area contributed by atoms with E-state index in [4.69, 9.17) is 0 Å². The zero-order valence-electron chi connectivity index (χ0n) is 9.52. The maximum atomic E-state index is 3.73. The number of rotatable bonds is 7. The predicted octanol–water partition coefficient (Wildman–Crippen LogP) is 4.52. The van der Waals surface area contributed by atoms with Crippen LogP contribution in [-0.4, -0.2) is 0 Å². The lowest BCUT2D eigenvalue weighted by Gasteiger charge is -1.94. The van der Waals surface area contributed by atoms with Gasteiger partial charge in [0.1, 0.15) is 0 Å². The van der Waals surface area contributed by atoms with Crippen molar-refractivity contribution in [2.75, 3.05) is 0 Å². The van der Waals surface area contributed by atoms with Crippen LogP contribution in [0.2, 0.25) is 0 Å². The summed E-state index contributed by atoms with van der Waals surface area (Å²) < 4.78 is 0. The van der Waals surface area contributed by atoms with E-state index < -0.39 is 0 Å². The van der Waals surface area contributed by atoms with Crippen molar-refractivity contribution in [3.8, 4) is 11.8 Å². The molecule has 0 aromatic heterocycles. The van der Waals surface area contributed by atoms with Gasteiger partial charge in [-0.1, -0.05) is 50.7 Å². The molecule has 0 spiro atoms. The van der Waals surface area contributed by atoms with Crippen molar-refractivity contribution in [3.05, 3.63) is 19.1 Å². The van der Waals surface area contributed by atoms with E-state index in [2.05, 4.69) is 37.8 Å². The molecule has 0 aromatic carbocycles. The van der Waals surface area contributed by atoms with E-state index in [-0.39, 0.29) is 0 Å². The minimum atomic E-state index is 0.874. The third kappa shape index (κ3) is 11.3. The van der Waals surface area contributed by atoms with Crippen LogP contribution >= 0.6 is 0 Å². The van der Waals surface area contributed by atoms with Crippen molar-refractivity contribution in [3.63, 3.8) is 0 Å². The summed E-state index contributed by atoms with van der Waals surface area (Å²) in [6.07, 6.45) is 13.7. The van der Waals surface area contributed by atoms with Gasteiger partial charge in [-0.3, -0.25) is 0 Å². The minimum Gasteiger partial charge on any atom is -0.103 e. The van der Waals surface area contributed by atoms with E-state index in [0.717, 1.165) is 19.3 Å². The molecule has 0 saturated heterocycles. The van der Waals surface area contributed by atoms with Crippen LogP contribution in [0, 0.1) is 18.8 Å². The summed E-state index contributed by atoms with van der Waals surface area (Å²) in [7, 11) is 0. The molecule has 0 fully saturated rings. The first kappa shape index (κ1) is 13.3. The standard InChI is InChI=1S/C14H23/c1-3-5-7-9-11-13-14-12-10-8-6-4-2/h5,7H,1,3-4,6,8-10,12,14H2,2H3. The molecule has 0 aliphatic rings. The first-order valence-electron chi connectivity index (χ1n) is 5.81. The Balaban J connectivity index is 3.13. The highest BCUT2D eigenvalue weighted by molar-refractivity contribution is 5.04. The SMILES string of the molecule is [CH2]CC=CCC#CCCCCCCC. The van der Waals surface area contributed by atoms with E-state index in [1.165, 1.54) is 32.1 Å². The molecule has 0 amide bonds. The van der Waals surface area contributed by atoms with Crippen molar-refractivity contribution < 1.29 is 0 Å². The van der Waals surface area contributed by atoms with Crippen LogP contribution in [0.4, 0.5) is 0 Å².